The number of amides is 3. The second-order valence-electron chi connectivity index (χ2n) is 6.33. The van der Waals surface area contributed by atoms with Crippen molar-refractivity contribution in [3.05, 3.63) is 18.2 Å². The van der Waals surface area contributed by atoms with Gasteiger partial charge in [0.05, 0.1) is 20.3 Å². The van der Waals surface area contributed by atoms with Crippen molar-refractivity contribution in [1.82, 2.24) is 10.2 Å². The number of nitrogens with zero attached hydrogens (tertiary/aromatic N) is 2. The van der Waals surface area contributed by atoms with Crippen LogP contribution < -0.4 is 19.7 Å². The molecule has 7 heteroatoms. The summed E-state index contributed by atoms with van der Waals surface area (Å²) in [6.07, 6.45) is 2.31. The van der Waals surface area contributed by atoms with Crippen molar-refractivity contribution >= 4 is 17.6 Å². The Morgan fingerprint density at radius 2 is 2.00 bits per heavy atom. The predicted octanol–water partition coefficient (Wildman–Crippen LogP) is 2.64. The molecule has 1 heterocycles. The van der Waals surface area contributed by atoms with Crippen molar-refractivity contribution in [3.63, 3.8) is 0 Å². The lowest BCUT2D eigenvalue weighted by Gasteiger charge is -2.24. The first-order chi connectivity index (χ1) is 12.5. The molecule has 1 fully saturated rings. The zero-order chi connectivity index (χ0) is 19.1. The fourth-order valence-electron chi connectivity index (χ4n) is 3.06. The molecule has 7 nitrogen and oxygen atoms in total. The molecule has 0 saturated carbocycles. The summed E-state index contributed by atoms with van der Waals surface area (Å²) in [7, 11) is 3.13. The number of carbonyl (C=O) groups is 2. The van der Waals surface area contributed by atoms with Gasteiger partial charge >= 0.3 is 6.03 Å². The molecule has 1 aliphatic heterocycles. The van der Waals surface area contributed by atoms with Gasteiger partial charge in [-0.05, 0) is 25.5 Å². The third-order valence-corrected chi connectivity index (χ3v) is 4.58. The van der Waals surface area contributed by atoms with Gasteiger partial charge in [-0.2, -0.15) is 0 Å². The molecule has 1 N–H and O–H groups in total. The molecule has 1 aromatic rings. The van der Waals surface area contributed by atoms with Gasteiger partial charge in [-0.1, -0.05) is 13.3 Å². The Balaban J connectivity index is 2.03. The predicted molar refractivity (Wildman–Crippen MR) is 101 cm³/mol. The summed E-state index contributed by atoms with van der Waals surface area (Å²) in [6.45, 7) is 5.91. The average molecular weight is 363 g/mol. The maximum Gasteiger partial charge on any atom is 0.317 e. The Morgan fingerprint density at radius 1 is 1.27 bits per heavy atom. The average Bonchev–Trinajstić information content (AvgIpc) is 3.01. The molecule has 1 saturated heterocycles. The van der Waals surface area contributed by atoms with Crippen molar-refractivity contribution in [2.24, 2.45) is 0 Å². The number of nitrogens with one attached hydrogen (secondary N) is 1. The monoisotopic (exact) mass is 363 g/mol. The quantitative estimate of drug-likeness (QED) is 0.771. The van der Waals surface area contributed by atoms with Gasteiger partial charge in [0.2, 0.25) is 5.91 Å². The maximum atomic E-state index is 12.4. The van der Waals surface area contributed by atoms with Gasteiger partial charge in [-0.3, -0.25) is 4.79 Å². The van der Waals surface area contributed by atoms with Gasteiger partial charge in [-0.15, -0.1) is 0 Å². The normalized spacial score (nSPS) is 16.5. The Hall–Kier alpha value is -2.44. The highest BCUT2D eigenvalue weighted by Gasteiger charge is 2.32. The van der Waals surface area contributed by atoms with E-state index in [2.05, 4.69) is 12.2 Å². The minimum absolute atomic E-state index is 0.0147. The van der Waals surface area contributed by atoms with E-state index in [0.717, 1.165) is 25.1 Å². The SMILES string of the molecule is CCCCN(CC)C(=O)NC1CC(=O)N(c2ccc(OC)c(OC)c2)C1. The lowest BCUT2D eigenvalue weighted by molar-refractivity contribution is -0.117. The Kier molecular flexibility index (Phi) is 7.12. The molecule has 0 bridgehead atoms. The second-order valence-corrected chi connectivity index (χ2v) is 6.33. The van der Waals surface area contributed by atoms with Crippen LogP contribution in [0.5, 0.6) is 11.5 Å². The highest BCUT2D eigenvalue weighted by Crippen LogP contribution is 2.33. The summed E-state index contributed by atoms with van der Waals surface area (Å²) in [5, 5.41) is 2.99. The molecule has 1 unspecified atom stereocenters. The van der Waals surface area contributed by atoms with Gasteiger partial charge in [0, 0.05) is 37.8 Å². The van der Waals surface area contributed by atoms with Gasteiger partial charge in [0.15, 0.2) is 11.5 Å². The molecule has 1 atom stereocenters. The lowest BCUT2D eigenvalue weighted by atomic mass is 10.2. The molecule has 144 valence electrons. The first-order valence-electron chi connectivity index (χ1n) is 9.11. The van der Waals surface area contributed by atoms with E-state index in [4.69, 9.17) is 9.47 Å². The minimum atomic E-state index is -0.196. The van der Waals surface area contributed by atoms with E-state index in [-0.39, 0.29) is 18.0 Å². The third kappa shape index (κ3) is 4.59. The van der Waals surface area contributed by atoms with Crippen LogP contribution in [0.2, 0.25) is 0 Å². The molecule has 26 heavy (non-hydrogen) atoms. The number of hydrogen-bond acceptors (Lipinski definition) is 4. The highest BCUT2D eigenvalue weighted by atomic mass is 16.5. The van der Waals surface area contributed by atoms with Crippen molar-refractivity contribution in [3.8, 4) is 11.5 Å². The van der Waals surface area contributed by atoms with E-state index in [1.165, 1.54) is 0 Å². The van der Waals surface area contributed by atoms with Gasteiger partial charge in [0.1, 0.15) is 0 Å². The summed E-state index contributed by atoms with van der Waals surface area (Å²) in [6, 6.07) is 5.08. The lowest BCUT2D eigenvalue weighted by Crippen LogP contribution is -2.46. The molecular formula is C19H29N3O4. The molecule has 0 spiro atoms. The number of anilines is 1. The van der Waals surface area contributed by atoms with Crippen LogP contribution in [-0.2, 0) is 4.79 Å². The van der Waals surface area contributed by atoms with Crippen LogP contribution in [0.4, 0.5) is 10.5 Å². The Bertz CT molecular complexity index is 635. The van der Waals surface area contributed by atoms with Gasteiger partial charge < -0.3 is 24.6 Å². The molecular weight excluding hydrogens is 334 g/mol. The second kappa shape index (κ2) is 9.31. The van der Waals surface area contributed by atoms with Crippen LogP contribution >= 0.6 is 0 Å². The van der Waals surface area contributed by atoms with Crippen LogP contribution in [0.15, 0.2) is 18.2 Å². The zero-order valence-corrected chi connectivity index (χ0v) is 16.1. The van der Waals surface area contributed by atoms with Crippen LogP contribution in [-0.4, -0.2) is 56.7 Å². The topological polar surface area (TPSA) is 71.1 Å². The molecule has 1 aliphatic rings. The zero-order valence-electron chi connectivity index (χ0n) is 16.1. The van der Waals surface area contributed by atoms with E-state index in [9.17, 15) is 9.59 Å². The van der Waals surface area contributed by atoms with Crippen molar-refractivity contribution < 1.29 is 19.1 Å². The number of benzene rings is 1. The van der Waals surface area contributed by atoms with Crippen molar-refractivity contribution in [2.75, 3.05) is 38.8 Å². The molecule has 3 amide bonds. The number of urea groups is 1. The highest BCUT2D eigenvalue weighted by molar-refractivity contribution is 5.97. The molecule has 0 aliphatic carbocycles. The smallest absolute Gasteiger partial charge is 0.317 e. The van der Waals surface area contributed by atoms with Crippen molar-refractivity contribution in [1.29, 1.82) is 0 Å². The fourth-order valence-corrected chi connectivity index (χ4v) is 3.06. The summed E-state index contributed by atoms with van der Waals surface area (Å²) < 4.78 is 10.5. The number of unbranched alkanes of at least 4 members (excludes halogenated alkanes) is 1. The number of hydrogen-bond donors (Lipinski definition) is 1. The van der Waals surface area contributed by atoms with Crippen molar-refractivity contribution in [2.45, 2.75) is 39.2 Å². The molecule has 2 rings (SSSR count). The standard InChI is InChI=1S/C19H29N3O4/c1-5-7-10-21(6-2)19(24)20-14-11-18(23)22(13-14)15-8-9-16(25-3)17(12-15)26-4/h8-9,12,14H,5-7,10-11,13H2,1-4H3,(H,20,24). The first kappa shape index (κ1) is 19.9. The number of ether oxygens (including phenoxy) is 2. The van der Waals surface area contributed by atoms with E-state index in [1.54, 1.807) is 36.2 Å². The third-order valence-electron chi connectivity index (χ3n) is 4.58. The Labute approximate surface area is 155 Å². The summed E-state index contributed by atoms with van der Waals surface area (Å²) >= 11 is 0. The van der Waals surface area contributed by atoms with Crippen LogP contribution in [0.1, 0.15) is 33.1 Å². The number of rotatable bonds is 8. The minimum Gasteiger partial charge on any atom is -0.493 e. The van der Waals surface area contributed by atoms with Crippen LogP contribution in [0, 0.1) is 0 Å². The summed E-state index contributed by atoms with van der Waals surface area (Å²) in [5.41, 5.74) is 0.739. The van der Waals surface area contributed by atoms with E-state index < -0.39 is 0 Å². The molecule has 0 radical (unpaired) electrons. The molecule has 1 aromatic carbocycles. The maximum absolute atomic E-state index is 12.4. The first-order valence-corrected chi connectivity index (χ1v) is 9.11. The van der Waals surface area contributed by atoms with Gasteiger partial charge in [0.25, 0.3) is 0 Å². The number of carbonyl (C=O) groups excluding carboxylic acids is 2. The van der Waals surface area contributed by atoms with E-state index in [1.807, 2.05) is 13.0 Å². The fraction of sp³-hybridized carbons (Fsp3) is 0.579. The summed E-state index contributed by atoms with van der Waals surface area (Å²) in [4.78, 5) is 28.3. The van der Waals surface area contributed by atoms with E-state index >= 15 is 0 Å². The Morgan fingerprint density at radius 3 is 2.62 bits per heavy atom. The number of methoxy groups -OCH3 is 2. The van der Waals surface area contributed by atoms with Crippen LogP contribution in [0.25, 0.3) is 0 Å². The van der Waals surface area contributed by atoms with Crippen LogP contribution in [0.3, 0.4) is 0 Å². The molecule has 0 aromatic heterocycles. The van der Waals surface area contributed by atoms with E-state index in [0.29, 0.717) is 31.0 Å². The summed E-state index contributed by atoms with van der Waals surface area (Å²) in [5.74, 6) is 1.17. The largest absolute Gasteiger partial charge is 0.493 e. The van der Waals surface area contributed by atoms with Gasteiger partial charge in [-0.25, -0.2) is 4.79 Å².